The van der Waals surface area contributed by atoms with Crippen LogP contribution in [0, 0.1) is 6.92 Å². The smallest absolute Gasteiger partial charge is 0.381 e. The van der Waals surface area contributed by atoms with Gasteiger partial charge in [0.25, 0.3) is 5.91 Å². The molecule has 1 N–H and O–H groups in total. The Labute approximate surface area is 139 Å². The number of nitrogens with one attached hydrogen (secondary N) is 1. The molecule has 0 saturated carbocycles. The van der Waals surface area contributed by atoms with Crippen molar-refractivity contribution in [2.75, 3.05) is 18.5 Å². The molecule has 0 aromatic carbocycles. The van der Waals surface area contributed by atoms with Crippen LogP contribution < -0.4 is 5.32 Å². The van der Waals surface area contributed by atoms with Crippen LogP contribution in [0.1, 0.15) is 39.9 Å². The normalized spacial score (nSPS) is 16.3. The van der Waals surface area contributed by atoms with Gasteiger partial charge in [-0.05, 0) is 25.8 Å². The number of anilines is 1. The fourth-order valence-electron chi connectivity index (χ4n) is 2.49. The molecule has 0 bridgehead atoms. The van der Waals surface area contributed by atoms with Crippen molar-refractivity contribution in [2.45, 2.75) is 32.0 Å². The number of aryl methyl sites for hydroxylation is 1. The predicted octanol–water partition coefficient (Wildman–Crippen LogP) is 3.27. The average molecular weight is 360 g/mol. The maximum Gasteiger partial charge on any atom is 0.427 e. The van der Waals surface area contributed by atoms with E-state index < -0.39 is 17.0 Å². The molecule has 2 aromatic rings. The molecule has 6 nitrogen and oxygen atoms in total. The fourth-order valence-corrected chi connectivity index (χ4v) is 3.31. The Kier molecular flexibility index (Phi) is 4.59. The first kappa shape index (κ1) is 16.9. The molecule has 1 amide bonds. The monoisotopic (exact) mass is 360 g/mol. The van der Waals surface area contributed by atoms with Crippen LogP contribution in [-0.2, 0) is 10.9 Å². The van der Waals surface area contributed by atoms with E-state index in [1.807, 2.05) is 0 Å². The van der Waals surface area contributed by atoms with Gasteiger partial charge in [0.1, 0.15) is 4.88 Å². The van der Waals surface area contributed by atoms with Gasteiger partial charge in [0, 0.05) is 19.4 Å². The van der Waals surface area contributed by atoms with Gasteiger partial charge in [-0.15, -0.1) is 0 Å². The maximum absolute atomic E-state index is 12.8. The van der Waals surface area contributed by atoms with Crippen LogP contribution in [0.3, 0.4) is 0 Å². The first-order chi connectivity index (χ1) is 11.3. The van der Waals surface area contributed by atoms with Crippen LogP contribution in [0.4, 0.5) is 18.3 Å². The predicted molar refractivity (Wildman–Crippen MR) is 81.1 cm³/mol. The van der Waals surface area contributed by atoms with E-state index in [0.29, 0.717) is 24.6 Å². The molecular formula is C14H15F3N4O2S. The lowest BCUT2D eigenvalue weighted by Gasteiger charge is -2.22. The van der Waals surface area contributed by atoms with Crippen LogP contribution in [0.2, 0.25) is 0 Å². The molecule has 0 spiro atoms. The molecule has 24 heavy (non-hydrogen) atoms. The highest BCUT2D eigenvalue weighted by molar-refractivity contribution is 7.16. The number of carbonyl (C=O) groups is 1. The molecule has 0 atom stereocenters. The second-order valence-electron chi connectivity index (χ2n) is 5.41. The molecule has 0 aliphatic carbocycles. The van der Waals surface area contributed by atoms with Crippen molar-refractivity contribution in [3.05, 3.63) is 28.5 Å². The molecule has 3 heterocycles. The molecule has 1 aliphatic heterocycles. The summed E-state index contributed by atoms with van der Waals surface area (Å²) < 4.78 is 45.3. The minimum absolute atomic E-state index is 0.0922. The van der Waals surface area contributed by atoms with Crippen molar-refractivity contribution in [2.24, 2.45) is 0 Å². The van der Waals surface area contributed by atoms with E-state index in [4.69, 9.17) is 4.74 Å². The third-order valence-electron chi connectivity index (χ3n) is 3.68. The van der Waals surface area contributed by atoms with Crippen LogP contribution in [-0.4, -0.2) is 33.9 Å². The van der Waals surface area contributed by atoms with Gasteiger partial charge in [-0.1, -0.05) is 11.3 Å². The first-order valence-electron chi connectivity index (χ1n) is 7.33. The minimum Gasteiger partial charge on any atom is -0.381 e. The average Bonchev–Trinajstić information content (AvgIpc) is 3.14. The number of aromatic nitrogens is 3. The second kappa shape index (κ2) is 6.52. The highest BCUT2D eigenvalue weighted by atomic mass is 32.1. The lowest BCUT2D eigenvalue weighted by atomic mass is 10.1. The van der Waals surface area contributed by atoms with Crippen molar-refractivity contribution in [3.8, 4) is 0 Å². The van der Waals surface area contributed by atoms with E-state index in [1.165, 1.54) is 13.0 Å². The largest absolute Gasteiger partial charge is 0.427 e. The zero-order valence-corrected chi connectivity index (χ0v) is 13.6. The maximum atomic E-state index is 12.8. The summed E-state index contributed by atoms with van der Waals surface area (Å²) in [7, 11) is 0. The minimum atomic E-state index is -4.48. The van der Waals surface area contributed by atoms with Gasteiger partial charge in [-0.25, -0.2) is 4.98 Å². The fraction of sp³-hybridized carbons (Fsp3) is 0.500. The Morgan fingerprint density at radius 2 is 2.12 bits per heavy atom. The van der Waals surface area contributed by atoms with Crippen LogP contribution in [0.5, 0.6) is 0 Å². The van der Waals surface area contributed by atoms with Gasteiger partial charge < -0.3 is 4.74 Å². The number of rotatable bonds is 3. The van der Waals surface area contributed by atoms with Crippen molar-refractivity contribution < 1.29 is 22.7 Å². The molecule has 1 saturated heterocycles. The zero-order chi connectivity index (χ0) is 17.3. The number of thiazole rings is 1. The summed E-state index contributed by atoms with van der Waals surface area (Å²) in [5.41, 5.74) is -0.0153. The molecule has 130 valence electrons. The van der Waals surface area contributed by atoms with E-state index in [9.17, 15) is 18.0 Å². The molecular weight excluding hydrogens is 345 g/mol. The summed E-state index contributed by atoms with van der Waals surface area (Å²) in [5.74, 6) is -0.580. The Morgan fingerprint density at radius 1 is 1.42 bits per heavy atom. The molecule has 1 aliphatic rings. The SMILES string of the molecule is Cc1nc(NC(=O)c2ccn(C3CCOCC3)n2)sc1C(F)(F)F. The van der Waals surface area contributed by atoms with E-state index in [2.05, 4.69) is 15.4 Å². The highest BCUT2D eigenvalue weighted by Crippen LogP contribution is 2.37. The van der Waals surface area contributed by atoms with Gasteiger partial charge in [-0.2, -0.15) is 18.3 Å². The number of amides is 1. The topological polar surface area (TPSA) is 69.0 Å². The number of hydrogen-bond acceptors (Lipinski definition) is 5. The third kappa shape index (κ3) is 3.59. The number of alkyl halides is 3. The number of ether oxygens (including phenoxy) is 1. The van der Waals surface area contributed by atoms with E-state index >= 15 is 0 Å². The summed E-state index contributed by atoms with van der Waals surface area (Å²) in [6.07, 6.45) is -1.17. The Morgan fingerprint density at radius 3 is 2.75 bits per heavy atom. The van der Waals surface area contributed by atoms with Gasteiger partial charge in [-0.3, -0.25) is 14.8 Å². The van der Waals surface area contributed by atoms with Gasteiger partial charge >= 0.3 is 6.18 Å². The molecule has 0 radical (unpaired) electrons. The molecule has 3 rings (SSSR count). The van der Waals surface area contributed by atoms with E-state index in [1.54, 1.807) is 10.9 Å². The zero-order valence-electron chi connectivity index (χ0n) is 12.8. The molecule has 2 aromatic heterocycles. The van der Waals surface area contributed by atoms with E-state index in [-0.39, 0.29) is 22.6 Å². The van der Waals surface area contributed by atoms with E-state index in [0.717, 1.165) is 12.8 Å². The third-order valence-corrected chi connectivity index (χ3v) is 4.80. The second-order valence-corrected chi connectivity index (χ2v) is 6.41. The van der Waals surface area contributed by atoms with Gasteiger partial charge in [0.2, 0.25) is 0 Å². The van der Waals surface area contributed by atoms with Crippen LogP contribution in [0.25, 0.3) is 0 Å². The van der Waals surface area contributed by atoms with Gasteiger partial charge in [0.05, 0.1) is 11.7 Å². The van der Waals surface area contributed by atoms with Crippen molar-refractivity contribution >= 4 is 22.4 Å². The summed E-state index contributed by atoms with van der Waals surface area (Å²) in [6, 6.07) is 1.70. The number of hydrogen-bond donors (Lipinski definition) is 1. The standard InChI is InChI=1S/C14H15F3N4O2S/c1-8-11(14(15,16)17)24-13(18-8)19-12(22)10-2-5-21(20-10)9-3-6-23-7-4-9/h2,5,9H,3-4,6-7H2,1H3,(H,18,19,22). The molecule has 1 fully saturated rings. The Bertz CT molecular complexity index is 735. The number of carbonyl (C=O) groups excluding carboxylic acids is 1. The summed E-state index contributed by atoms with van der Waals surface area (Å²) in [6.45, 7) is 2.55. The number of nitrogens with zero attached hydrogens (tertiary/aromatic N) is 3. The quantitative estimate of drug-likeness (QED) is 0.912. The van der Waals surface area contributed by atoms with Crippen molar-refractivity contribution in [1.82, 2.24) is 14.8 Å². The Balaban J connectivity index is 1.70. The number of halogens is 3. The van der Waals surface area contributed by atoms with Crippen LogP contribution >= 0.6 is 11.3 Å². The van der Waals surface area contributed by atoms with Crippen molar-refractivity contribution in [3.63, 3.8) is 0 Å². The Hall–Kier alpha value is -1.94. The van der Waals surface area contributed by atoms with Crippen LogP contribution in [0.15, 0.2) is 12.3 Å². The highest BCUT2D eigenvalue weighted by Gasteiger charge is 2.36. The summed E-state index contributed by atoms with van der Waals surface area (Å²) in [5, 5.41) is 6.50. The van der Waals surface area contributed by atoms with Gasteiger partial charge in [0.15, 0.2) is 10.8 Å². The molecule has 10 heteroatoms. The lowest BCUT2D eigenvalue weighted by molar-refractivity contribution is -0.134. The summed E-state index contributed by atoms with van der Waals surface area (Å²) in [4.78, 5) is 15.1. The first-order valence-corrected chi connectivity index (χ1v) is 8.15. The van der Waals surface area contributed by atoms with Crippen molar-refractivity contribution in [1.29, 1.82) is 0 Å². The molecule has 0 unspecified atom stereocenters. The lowest BCUT2D eigenvalue weighted by Crippen LogP contribution is -2.21. The summed E-state index contributed by atoms with van der Waals surface area (Å²) >= 11 is 0.405.